The van der Waals surface area contributed by atoms with Gasteiger partial charge in [0.15, 0.2) is 5.75 Å². The maximum Gasteiger partial charge on any atom is 0.161 e. The first-order valence-corrected chi connectivity index (χ1v) is 6.02. The molecule has 17 heavy (non-hydrogen) atoms. The zero-order chi connectivity index (χ0) is 12.8. The third-order valence-corrected chi connectivity index (χ3v) is 2.64. The van der Waals surface area contributed by atoms with Crippen LogP contribution in [0.1, 0.15) is 32.5 Å². The van der Waals surface area contributed by atoms with Crippen LogP contribution in [0.4, 0.5) is 0 Å². The first-order valence-electron chi connectivity index (χ1n) is 6.02. The van der Waals surface area contributed by atoms with Crippen LogP contribution in [-0.4, -0.2) is 36.6 Å². The SMILES string of the molecule is CCn1ncc(OC)c1C(COC(C)C)NC. The van der Waals surface area contributed by atoms with Crippen molar-refractivity contribution in [2.45, 2.75) is 39.5 Å². The minimum atomic E-state index is 0.0924. The average molecular weight is 241 g/mol. The molecule has 1 N–H and O–H groups in total. The number of ether oxygens (including phenoxy) is 2. The fourth-order valence-electron chi connectivity index (χ4n) is 1.73. The lowest BCUT2D eigenvalue weighted by atomic mass is 10.2. The van der Waals surface area contributed by atoms with Gasteiger partial charge in [-0.25, -0.2) is 0 Å². The lowest BCUT2D eigenvalue weighted by Gasteiger charge is -2.20. The number of rotatable bonds is 7. The lowest BCUT2D eigenvalue weighted by molar-refractivity contribution is 0.0604. The predicted molar refractivity (Wildman–Crippen MR) is 67.3 cm³/mol. The predicted octanol–water partition coefficient (Wildman–Crippen LogP) is 1.60. The van der Waals surface area contributed by atoms with Gasteiger partial charge in [0.2, 0.25) is 0 Å². The van der Waals surface area contributed by atoms with Gasteiger partial charge in [-0.3, -0.25) is 4.68 Å². The summed E-state index contributed by atoms with van der Waals surface area (Å²) in [5.74, 6) is 0.804. The van der Waals surface area contributed by atoms with Crippen molar-refractivity contribution in [2.24, 2.45) is 0 Å². The van der Waals surface area contributed by atoms with Gasteiger partial charge in [-0.15, -0.1) is 0 Å². The number of nitrogens with zero attached hydrogens (tertiary/aromatic N) is 2. The van der Waals surface area contributed by atoms with Crippen LogP contribution in [0.25, 0.3) is 0 Å². The molecule has 0 aliphatic carbocycles. The Hall–Kier alpha value is -1.07. The van der Waals surface area contributed by atoms with Gasteiger partial charge < -0.3 is 14.8 Å². The van der Waals surface area contributed by atoms with Crippen LogP contribution in [-0.2, 0) is 11.3 Å². The quantitative estimate of drug-likeness (QED) is 0.787. The molecule has 1 aromatic rings. The zero-order valence-electron chi connectivity index (χ0n) is 11.4. The van der Waals surface area contributed by atoms with Crippen molar-refractivity contribution >= 4 is 0 Å². The van der Waals surface area contributed by atoms with E-state index in [0.717, 1.165) is 18.0 Å². The van der Waals surface area contributed by atoms with Gasteiger partial charge >= 0.3 is 0 Å². The zero-order valence-corrected chi connectivity index (χ0v) is 11.4. The van der Waals surface area contributed by atoms with E-state index in [2.05, 4.69) is 17.3 Å². The Morgan fingerprint density at radius 1 is 1.47 bits per heavy atom. The molecule has 0 saturated heterocycles. The van der Waals surface area contributed by atoms with Crippen LogP contribution in [0.5, 0.6) is 5.75 Å². The number of likely N-dealkylation sites (N-methyl/N-ethyl adjacent to an activating group) is 1. The van der Waals surface area contributed by atoms with Gasteiger partial charge in [-0.1, -0.05) is 0 Å². The summed E-state index contributed by atoms with van der Waals surface area (Å²) in [5.41, 5.74) is 1.04. The minimum Gasteiger partial charge on any atom is -0.493 e. The van der Waals surface area contributed by atoms with E-state index in [1.165, 1.54) is 0 Å². The molecule has 0 aliphatic rings. The molecule has 1 unspecified atom stereocenters. The summed E-state index contributed by atoms with van der Waals surface area (Å²) in [5, 5.41) is 7.54. The van der Waals surface area contributed by atoms with Crippen LogP contribution in [0.15, 0.2) is 6.20 Å². The molecule has 0 saturated carbocycles. The number of aromatic nitrogens is 2. The molecule has 5 nitrogen and oxygen atoms in total. The monoisotopic (exact) mass is 241 g/mol. The summed E-state index contributed by atoms with van der Waals surface area (Å²) in [6, 6.07) is 0.0924. The summed E-state index contributed by atoms with van der Waals surface area (Å²) in [4.78, 5) is 0. The van der Waals surface area contributed by atoms with Crippen LogP contribution < -0.4 is 10.1 Å². The summed E-state index contributed by atoms with van der Waals surface area (Å²) >= 11 is 0. The molecule has 5 heteroatoms. The molecule has 0 bridgehead atoms. The van der Waals surface area contributed by atoms with Gasteiger partial charge in [0, 0.05) is 6.54 Å². The molecule has 1 atom stereocenters. The van der Waals surface area contributed by atoms with Gasteiger partial charge in [0.25, 0.3) is 0 Å². The molecular weight excluding hydrogens is 218 g/mol. The molecule has 0 fully saturated rings. The van der Waals surface area contributed by atoms with Crippen molar-refractivity contribution < 1.29 is 9.47 Å². The van der Waals surface area contributed by atoms with Crippen LogP contribution in [0, 0.1) is 0 Å². The summed E-state index contributed by atoms with van der Waals surface area (Å²) in [7, 11) is 3.58. The van der Waals surface area contributed by atoms with E-state index in [9.17, 15) is 0 Å². The molecule has 0 aromatic carbocycles. The molecule has 0 aliphatic heterocycles. The molecule has 1 heterocycles. The number of hydrogen-bond acceptors (Lipinski definition) is 4. The Morgan fingerprint density at radius 3 is 2.65 bits per heavy atom. The maximum atomic E-state index is 5.66. The molecular formula is C12H23N3O2. The summed E-state index contributed by atoms with van der Waals surface area (Å²) in [6.07, 6.45) is 1.97. The van der Waals surface area contributed by atoms with E-state index in [-0.39, 0.29) is 12.1 Å². The highest BCUT2D eigenvalue weighted by atomic mass is 16.5. The molecule has 1 rings (SSSR count). The van der Waals surface area contributed by atoms with Crippen LogP contribution in [0.3, 0.4) is 0 Å². The fourth-order valence-corrected chi connectivity index (χ4v) is 1.73. The molecule has 98 valence electrons. The standard InChI is InChI=1S/C12H23N3O2/c1-6-15-12(11(16-5)7-14-15)10(13-4)8-17-9(2)3/h7,9-10,13H,6,8H2,1-5H3. The van der Waals surface area contributed by atoms with Gasteiger partial charge in [-0.2, -0.15) is 5.10 Å². The van der Waals surface area contributed by atoms with Crippen molar-refractivity contribution in [3.05, 3.63) is 11.9 Å². The van der Waals surface area contributed by atoms with Gasteiger partial charge in [-0.05, 0) is 27.8 Å². The Labute approximate surface area is 103 Å². The Balaban J connectivity index is 2.88. The van der Waals surface area contributed by atoms with E-state index < -0.39 is 0 Å². The topological polar surface area (TPSA) is 48.3 Å². The number of aryl methyl sites for hydroxylation is 1. The van der Waals surface area contributed by atoms with E-state index in [0.29, 0.717) is 6.61 Å². The highest BCUT2D eigenvalue weighted by Gasteiger charge is 2.20. The second kappa shape index (κ2) is 6.61. The molecule has 0 amide bonds. The Bertz CT molecular complexity index is 315. The van der Waals surface area contributed by atoms with E-state index in [1.54, 1.807) is 13.3 Å². The fraction of sp³-hybridized carbons (Fsp3) is 0.750. The van der Waals surface area contributed by atoms with E-state index >= 15 is 0 Å². The third-order valence-electron chi connectivity index (χ3n) is 2.64. The number of nitrogens with one attached hydrogen (secondary N) is 1. The number of hydrogen-bond donors (Lipinski definition) is 1. The van der Waals surface area contributed by atoms with Crippen molar-refractivity contribution in [1.29, 1.82) is 0 Å². The highest BCUT2D eigenvalue weighted by Crippen LogP contribution is 2.25. The highest BCUT2D eigenvalue weighted by molar-refractivity contribution is 5.28. The van der Waals surface area contributed by atoms with E-state index in [1.807, 2.05) is 25.6 Å². The van der Waals surface area contributed by atoms with Gasteiger partial charge in [0.1, 0.15) is 0 Å². The molecule has 0 radical (unpaired) electrons. The first-order chi connectivity index (χ1) is 8.13. The average Bonchev–Trinajstić information content (AvgIpc) is 2.72. The van der Waals surface area contributed by atoms with Gasteiger partial charge in [0.05, 0.1) is 37.8 Å². The van der Waals surface area contributed by atoms with Crippen molar-refractivity contribution in [2.75, 3.05) is 20.8 Å². The van der Waals surface area contributed by atoms with Crippen molar-refractivity contribution in [3.8, 4) is 5.75 Å². The van der Waals surface area contributed by atoms with Crippen molar-refractivity contribution in [3.63, 3.8) is 0 Å². The molecule has 1 aromatic heterocycles. The normalized spacial score (nSPS) is 13.1. The van der Waals surface area contributed by atoms with Crippen molar-refractivity contribution in [1.82, 2.24) is 15.1 Å². The molecule has 0 spiro atoms. The van der Waals surface area contributed by atoms with Crippen LogP contribution >= 0.6 is 0 Å². The second-order valence-electron chi connectivity index (χ2n) is 4.14. The van der Waals surface area contributed by atoms with E-state index in [4.69, 9.17) is 9.47 Å². The summed E-state index contributed by atoms with van der Waals surface area (Å²) in [6.45, 7) is 7.54. The minimum absolute atomic E-state index is 0.0924. The number of methoxy groups -OCH3 is 1. The summed E-state index contributed by atoms with van der Waals surface area (Å²) < 4.78 is 12.9. The maximum absolute atomic E-state index is 5.66. The smallest absolute Gasteiger partial charge is 0.161 e. The Kier molecular flexibility index (Phi) is 5.44. The first kappa shape index (κ1) is 14.0. The lowest BCUT2D eigenvalue weighted by Crippen LogP contribution is -2.26. The second-order valence-corrected chi connectivity index (χ2v) is 4.14. The third kappa shape index (κ3) is 3.44. The largest absolute Gasteiger partial charge is 0.493 e. The Morgan fingerprint density at radius 2 is 2.18 bits per heavy atom. The van der Waals surface area contributed by atoms with Crippen LogP contribution in [0.2, 0.25) is 0 Å².